The Morgan fingerprint density at radius 1 is 1.29 bits per heavy atom. The van der Waals surface area contributed by atoms with Crippen LogP contribution in [0.1, 0.15) is 12.0 Å². The zero-order valence-corrected chi connectivity index (χ0v) is 11.8. The molecule has 0 aliphatic rings. The molecule has 0 fully saturated rings. The van der Waals surface area contributed by atoms with Crippen LogP contribution in [0.15, 0.2) is 24.3 Å². The van der Waals surface area contributed by atoms with Gasteiger partial charge in [-0.3, -0.25) is 4.79 Å². The molecule has 0 atom stereocenters. The highest BCUT2D eigenvalue weighted by molar-refractivity contribution is 7.97. The lowest BCUT2D eigenvalue weighted by molar-refractivity contribution is -0.116. The molecule has 0 aliphatic carbocycles. The van der Waals surface area contributed by atoms with Crippen molar-refractivity contribution in [3.8, 4) is 0 Å². The fourth-order valence-electron chi connectivity index (χ4n) is 1.31. The van der Waals surface area contributed by atoms with Crippen LogP contribution in [0.4, 0.5) is 5.69 Å². The predicted octanol–water partition coefficient (Wildman–Crippen LogP) is 2.52. The summed E-state index contributed by atoms with van der Waals surface area (Å²) in [5, 5.41) is 5.81. The molecule has 2 N–H and O–H groups in total. The van der Waals surface area contributed by atoms with Crippen molar-refractivity contribution < 1.29 is 4.79 Å². The summed E-state index contributed by atoms with van der Waals surface area (Å²) in [6.45, 7) is 0.705. The molecule has 0 unspecified atom stereocenters. The highest BCUT2D eigenvalue weighted by Crippen LogP contribution is 2.13. The smallest absolute Gasteiger partial charge is 0.225 e. The van der Waals surface area contributed by atoms with Crippen LogP contribution in [-0.4, -0.2) is 25.8 Å². The molecule has 3 nitrogen and oxygen atoms in total. The third kappa shape index (κ3) is 6.56. The molecule has 0 radical (unpaired) electrons. The van der Waals surface area contributed by atoms with Gasteiger partial charge in [-0.2, -0.15) is 11.8 Å². The average molecular weight is 275 g/mol. The molecule has 17 heavy (non-hydrogen) atoms. The van der Waals surface area contributed by atoms with Gasteiger partial charge in [-0.05, 0) is 31.0 Å². The molecular formula is C12H19ClN2OS. The normalized spacial score (nSPS) is 9.53. The Hall–Kier alpha value is -0.710. The maximum atomic E-state index is 11.4. The van der Waals surface area contributed by atoms with Gasteiger partial charge in [0.15, 0.2) is 0 Å². The molecule has 0 spiro atoms. The van der Waals surface area contributed by atoms with E-state index in [-0.39, 0.29) is 18.3 Å². The van der Waals surface area contributed by atoms with Gasteiger partial charge in [-0.15, -0.1) is 12.4 Å². The van der Waals surface area contributed by atoms with E-state index in [0.29, 0.717) is 13.0 Å². The van der Waals surface area contributed by atoms with Crippen molar-refractivity contribution in [1.82, 2.24) is 5.32 Å². The van der Waals surface area contributed by atoms with E-state index in [1.54, 1.807) is 11.8 Å². The van der Waals surface area contributed by atoms with E-state index >= 15 is 0 Å². The van der Waals surface area contributed by atoms with Gasteiger partial charge in [0.05, 0.1) is 0 Å². The molecule has 0 aliphatic heterocycles. The van der Waals surface area contributed by atoms with E-state index in [9.17, 15) is 4.79 Å². The lowest BCUT2D eigenvalue weighted by atomic mass is 10.2. The summed E-state index contributed by atoms with van der Waals surface area (Å²) in [6, 6.07) is 7.99. The van der Waals surface area contributed by atoms with Crippen LogP contribution < -0.4 is 10.6 Å². The van der Waals surface area contributed by atoms with E-state index in [1.165, 1.54) is 5.56 Å². The summed E-state index contributed by atoms with van der Waals surface area (Å²) < 4.78 is 0. The first kappa shape index (κ1) is 16.3. The second kappa shape index (κ2) is 9.33. The Balaban J connectivity index is 0.00000256. The van der Waals surface area contributed by atoms with Crippen molar-refractivity contribution in [1.29, 1.82) is 0 Å². The summed E-state index contributed by atoms with van der Waals surface area (Å²) in [7, 11) is 1.84. The van der Waals surface area contributed by atoms with Crippen molar-refractivity contribution in [2.24, 2.45) is 0 Å². The fraction of sp³-hybridized carbons (Fsp3) is 0.417. The fourth-order valence-corrected chi connectivity index (χ4v) is 1.84. The van der Waals surface area contributed by atoms with Gasteiger partial charge < -0.3 is 10.6 Å². The first-order valence-corrected chi connectivity index (χ1v) is 6.68. The molecule has 0 saturated heterocycles. The number of anilines is 1. The number of carbonyl (C=O) groups excluding carboxylic acids is 1. The molecule has 1 rings (SSSR count). The van der Waals surface area contributed by atoms with Crippen molar-refractivity contribution in [2.75, 3.05) is 25.2 Å². The summed E-state index contributed by atoms with van der Waals surface area (Å²) in [6.07, 6.45) is 2.58. The number of carbonyl (C=O) groups is 1. The zero-order chi connectivity index (χ0) is 11.8. The Morgan fingerprint density at radius 3 is 2.47 bits per heavy atom. The number of rotatable bonds is 6. The lowest BCUT2D eigenvalue weighted by Crippen LogP contribution is -2.18. The molecular weight excluding hydrogens is 256 g/mol. The van der Waals surface area contributed by atoms with Crippen molar-refractivity contribution in [3.63, 3.8) is 0 Å². The highest BCUT2D eigenvalue weighted by atomic mass is 35.5. The molecule has 1 aromatic rings. The Bertz CT molecular complexity index is 330. The first-order chi connectivity index (χ1) is 7.76. The molecule has 1 aromatic carbocycles. The number of benzene rings is 1. The van der Waals surface area contributed by atoms with E-state index in [1.807, 2.05) is 31.3 Å². The van der Waals surface area contributed by atoms with Crippen LogP contribution in [-0.2, 0) is 10.5 Å². The summed E-state index contributed by atoms with van der Waals surface area (Å²) in [5.74, 6) is 1.06. The number of hydrogen-bond donors (Lipinski definition) is 2. The number of nitrogens with one attached hydrogen (secondary N) is 2. The van der Waals surface area contributed by atoms with Crippen LogP contribution >= 0.6 is 24.2 Å². The predicted molar refractivity (Wildman–Crippen MR) is 78.1 cm³/mol. The second-order valence-corrected chi connectivity index (χ2v) is 4.40. The minimum Gasteiger partial charge on any atom is -0.326 e. The Morgan fingerprint density at radius 2 is 1.94 bits per heavy atom. The van der Waals surface area contributed by atoms with Gasteiger partial charge in [0.2, 0.25) is 5.91 Å². The minimum absolute atomic E-state index is 0. The van der Waals surface area contributed by atoms with E-state index in [2.05, 4.69) is 16.9 Å². The maximum absolute atomic E-state index is 11.4. The third-order valence-corrected chi connectivity index (χ3v) is 2.77. The average Bonchev–Trinajstić information content (AvgIpc) is 2.29. The van der Waals surface area contributed by atoms with Gasteiger partial charge in [0.25, 0.3) is 0 Å². The summed E-state index contributed by atoms with van der Waals surface area (Å²) in [5.41, 5.74) is 2.15. The summed E-state index contributed by atoms with van der Waals surface area (Å²) >= 11 is 1.79. The lowest BCUT2D eigenvalue weighted by Gasteiger charge is -2.05. The molecule has 0 heterocycles. The molecule has 1 amide bonds. The zero-order valence-electron chi connectivity index (χ0n) is 10.2. The van der Waals surface area contributed by atoms with Gasteiger partial charge in [0, 0.05) is 24.4 Å². The van der Waals surface area contributed by atoms with Gasteiger partial charge in [-0.25, -0.2) is 0 Å². The van der Waals surface area contributed by atoms with E-state index < -0.39 is 0 Å². The van der Waals surface area contributed by atoms with Crippen molar-refractivity contribution >= 4 is 35.8 Å². The van der Waals surface area contributed by atoms with Crippen LogP contribution in [0.2, 0.25) is 0 Å². The molecule has 96 valence electrons. The number of hydrogen-bond acceptors (Lipinski definition) is 3. The number of thioether (sulfide) groups is 1. The minimum atomic E-state index is 0. The molecule has 0 bridgehead atoms. The van der Waals surface area contributed by atoms with Crippen LogP contribution in [0, 0.1) is 0 Å². The van der Waals surface area contributed by atoms with Crippen LogP contribution in [0.5, 0.6) is 0 Å². The quantitative estimate of drug-likeness (QED) is 0.838. The second-order valence-electron chi connectivity index (χ2n) is 3.53. The van der Waals surface area contributed by atoms with E-state index in [4.69, 9.17) is 0 Å². The van der Waals surface area contributed by atoms with Crippen LogP contribution in [0.25, 0.3) is 0 Å². The van der Waals surface area contributed by atoms with Gasteiger partial charge in [0.1, 0.15) is 0 Å². The Kier molecular flexibility index (Phi) is 8.94. The SMILES string of the molecule is CNCCC(=O)Nc1ccc(CSC)cc1.Cl. The standard InChI is InChI=1S/C12H18N2OS.ClH/c1-13-8-7-12(15)14-11-5-3-10(4-6-11)9-16-2;/h3-6,13H,7-9H2,1-2H3,(H,14,15);1H. The molecule has 5 heteroatoms. The topological polar surface area (TPSA) is 41.1 Å². The van der Waals surface area contributed by atoms with Crippen LogP contribution in [0.3, 0.4) is 0 Å². The Labute approximate surface area is 113 Å². The van der Waals surface area contributed by atoms with Crippen molar-refractivity contribution in [3.05, 3.63) is 29.8 Å². The third-order valence-electron chi connectivity index (χ3n) is 2.15. The maximum Gasteiger partial charge on any atom is 0.225 e. The first-order valence-electron chi connectivity index (χ1n) is 5.28. The molecule has 0 aromatic heterocycles. The largest absolute Gasteiger partial charge is 0.326 e. The number of amides is 1. The van der Waals surface area contributed by atoms with Gasteiger partial charge in [-0.1, -0.05) is 12.1 Å². The molecule has 0 saturated carbocycles. The monoisotopic (exact) mass is 274 g/mol. The number of halogens is 1. The highest BCUT2D eigenvalue weighted by Gasteiger charge is 2.01. The summed E-state index contributed by atoms with van der Waals surface area (Å²) in [4.78, 5) is 11.4. The van der Waals surface area contributed by atoms with E-state index in [0.717, 1.165) is 11.4 Å². The van der Waals surface area contributed by atoms with Crippen molar-refractivity contribution in [2.45, 2.75) is 12.2 Å². The van der Waals surface area contributed by atoms with Gasteiger partial charge >= 0.3 is 0 Å².